The fourth-order valence-electron chi connectivity index (χ4n) is 4.08. The smallest absolute Gasteiger partial charge is 0.255 e. The Morgan fingerprint density at radius 3 is 2.14 bits per heavy atom. The van der Waals surface area contributed by atoms with Gasteiger partial charge >= 0.3 is 0 Å². The predicted molar refractivity (Wildman–Crippen MR) is 173 cm³/mol. The number of methoxy groups -OCH3 is 2. The van der Waals surface area contributed by atoms with E-state index < -0.39 is 5.91 Å². The van der Waals surface area contributed by atoms with Crippen molar-refractivity contribution in [2.75, 3.05) is 31.5 Å². The summed E-state index contributed by atoms with van der Waals surface area (Å²) in [5.41, 5.74) is 2.81. The first-order valence-corrected chi connectivity index (χ1v) is 14.4. The van der Waals surface area contributed by atoms with Crippen LogP contribution in [0.25, 0.3) is 6.08 Å². The van der Waals surface area contributed by atoms with Gasteiger partial charge in [0.25, 0.3) is 5.91 Å². The van der Waals surface area contributed by atoms with Crippen LogP contribution in [0.4, 0.5) is 11.4 Å². The quantitative estimate of drug-likeness (QED) is 0.149. The molecule has 0 unspecified atom stereocenters. The maximum Gasteiger partial charge on any atom is 0.255 e. The molecule has 0 radical (unpaired) electrons. The number of halogens is 2. The van der Waals surface area contributed by atoms with Gasteiger partial charge in [0.1, 0.15) is 18.1 Å². The number of ether oxygens (including phenoxy) is 4. The molecule has 2 N–H and O–H groups in total. The second-order valence-corrected chi connectivity index (χ2v) is 10.3. The molecule has 0 fully saturated rings. The van der Waals surface area contributed by atoms with Gasteiger partial charge in [-0.3, -0.25) is 9.59 Å². The lowest BCUT2D eigenvalue weighted by Gasteiger charge is -2.16. The molecule has 8 nitrogen and oxygen atoms in total. The van der Waals surface area contributed by atoms with Gasteiger partial charge < -0.3 is 29.6 Å². The van der Waals surface area contributed by atoms with Crippen LogP contribution in [0.15, 0.2) is 89.4 Å². The summed E-state index contributed by atoms with van der Waals surface area (Å²) in [7, 11) is 2.94. The second-order valence-electron chi connectivity index (χ2n) is 9.04. The Morgan fingerprint density at radius 1 is 0.837 bits per heavy atom. The number of amides is 2. The highest BCUT2D eigenvalue weighted by Crippen LogP contribution is 2.39. The minimum atomic E-state index is -0.408. The normalized spacial score (nSPS) is 10.7. The topological polar surface area (TPSA) is 95.1 Å². The van der Waals surface area contributed by atoms with Crippen LogP contribution in [0.1, 0.15) is 28.4 Å². The number of hydrogen-bond donors (Lipinski definition) is 2. The summed E-state index contributed by atoms with van der Waals surface area (Å²) in [6.45, 7) is 2.56. The minimum absolute atomic E-state index is 0.260. The first kappa shape index (κ1) is 31.5. The van der Waals surface area contributed by atoms with Crippen LogP contribution >= 0.6 is 27.5 Å². The van der Waals surface area contributed by atoms with E-state index in [4.69, 9.17) is 30.5 Å². The Morgan fingerprint density at radius 2 is 1.49 bits per heavy atom. The molecule has 0 aliphatic rings. The van der Waals surface area contributed by atoms with Crippen LogP contribution in [-0.2, 0) is 11.4 Å². The molecule has 10 heteroatoms. The van der Waals surface area contributed by atoms with E-state index in [2.05, 4.69) is 26.6 Å². The molecule has 0 heterocycles. The van der Waals surface area contributed by atoms with E-state index in [9.17, 15) is 9.59 Å². The van der Waals surface area contributed by atoms with Crippen molar-refractivity contribution in [3.8, 4) is 23.0 Å². The van der Waals surface area contributed by atoms with Crippen molar-refractivity contribution in [3.63, 3.8) is 0 Å². The lowest BCUT2D eigenvalue weighted by Crippen LogP contribution is -2.14. The van der Waals surface area contributed by atoms with Gasteiger partial charge in [0.15, 0.2) is 11.5 Å². The molecule has 2 amide bonds. The van der Waals surface area contributed by atoms with E-state index in [1.54, 1.807) is 48.5 Å². The van der Waals surface area contributed by atoms with Gasteiger partial charge in [-0.05, 0) is 64.8 Å². The zero-order valence-electron chi connectivity index (χ0n) is 23.8. The van der Waals surface area contributed by atoms with Gasteiger partial charge in [-0.25, -0.2) is 0 Å². The standard InChI is InChI=1S/C33H30BrClN2O6/c1-4-42-30-17-21(16-24(34)32(30)43-20-23-12-8-9-13-25(23)35)14-15-31(38)36-26-18-29(41-3)27(19-28(26)40-2)37-33(39)22-10-6-5-7-11-22/h5-19H,4,20H2,1-3H3,(H,36,38)(H,37,39)/b15-14+. The molecule has 4 rings (SSSR count). The van der Waals surface area contributed by atoms with E-state index >= 15 is 0 Å². The van der Waals surface area contributed by atoms with Crippen LogP contribution in [0.5, 0.6) is 23.0 Å². The fraction of sp³-hybridized carbons (Fsp3) is 0.152. The molecule has 4 aromatic rings. The molecule has 4 aromatic carbocycles. The SMILES string of the molecule is CCOc1cc(/C=C/C(=O)Nc2cc(OC)c(NC(=O)c3ccccc3)cc2OC)cc(Br)c1OCc1ccccc1Cl. The summed E-state index contributed by atoms with van der Waals surface area (Å²) in [5, 5.41) is 6.24. The molecular weight excluding hydrogens is 636 g/mol. The van der Waals surface area contributed by atoms with E-state index in [0.29, 0.717) is 61.6 Å². The molecule has 0 saturated carbocycles. The van der Waals surface area contributed by atoms with Crippen molar-refractivity contribution in [2.24, 2.45) is 0 Å². The van der Waals surface area contributed by atoms with E-state index in [0.717, 1.165) is 5.56 Å². The Kier molecular flexibility index (Phi) is 11.1. The molecule has 0 aromatic heterocycles. The first-order chi connectivity index (χ1) is 20.8. The van der Waals surface area contributed by atoms with Gasteiger partial charge in [-0.15, -0.1) is 0 Å². The third kappa shape index (κ3) is 8.30. The first-order valence-electron chi connectivity index (χ1n) is 13.3. The Labute approximate surface area is 263 Å². The van der Waals surface area contributed by atoms with Gasteiger partial charge in [0.05, 0.1) is 36.7 Å². The number of benzene rings is 4. The monoisotopic (exact) mass is 664 g/mol. The number of rotatable bonds is 12. The van der Waals surface area contributed by atoms with E-state index in [1.807, 2.05) is 43.3 Å². The Bertz CT molecular complexity index is 1630. The predicted octanol–water partition coefficient (Wildman–Crippen LogP) is 8.00. The summed E-state index contributed by atoms with van der Waals surface area (Å²) in [4.78, 5) is 25.6. The Hall–Kier alpha value is -4.47. The highest BCUT2D eigenvalue weighted by atomic mass is 79.9. The molecule has 0 atom stereocenters. The van der Waals surface area contributed by atoms with Crippen molar-refractivity contribution in [3.05, 3.63) is 111 Å². The number of hydrogen-bond acceptors (Lipinski definition) is 6. The van der Waals surface area contributed by atoms with Crippen molar-refractivity contribution in [1.29, 1.82) is 0 Å². The molecule has 222 valence electrons. The molecule has 0 bridgehead atoms. The minimum Gasteiger partial charge on any atom is -0.494 e. The van der Waals surface area contributed by atoms with Crippen LogP contribution in [-0.4, -0.2) is 32.6 Å². The van der Waals surface area contributed by atoms with Crippen LogP contribution in [0.2, 0.25) is 5.02 Å². The van der Waals surface area contributed by atoms with Crippen LogP contribution in [0, 0.1) is 0 Å². The summed E-state index contributed by atoms with van der Waals surface area (Å²) < 4.78 is 23.5. The molecule has 0 saturated heterocycles. The zero-order chi connectivity index (χ0) is 30.8. The maximum absolute atomic E-state index is 12.9. The average Bonchev–Trinajstić information content (AvgIpc) is 3.01. The molecule has 0 aliphatic carbocycles. The second kappa shape index (κ2) is 15.1. The highest BCUT2D eigenvalue weighted by Gasteiger charge is 2.16. The highest BCUT2D eigenvalue weighted by molar-refractivity contribution is 9.10. The summed E-state index contributed by atoms with van der Waals surface area (Å²) in [6, 6.07) is 23.0. The zero-order valence-corrected chi connectivity index (χ0v) is 26.1. The molecule has 0 aliphatic heterocycles. The van der Waals surface area contributed by atoms with Crippen molar-refractivity contribution < 1.29 is 28.5 Å². The van der Waals surface area contributed by atoms with Gasteiger partial charge in [-0.1, -0.05) is 48.0 Å². The summed E-state index contributed by atoms with van der Waals surface area (Å²) in [6.07, 6.45) is 3.04. The maximum atomic E-state index is 12.9. The lowest BCUT2D eigenvalue weighted by molar-refractivity contribution is -0.111. The average molecular weight is 666 g/mol. The van der Waals surface area contributed by atoms with E-state index in [1.165, 1.54) is 20.3 Å². The molecule has 0 spiro atoms. The molecule has 43 heavy (non-hydrogen) atoms. The lowest BCUT2D eigenvalue weighted by atomic mass is 10.1. The third-order valence-corrected chi connectivity index (χ3v) is 7.11. The van der Waals surface area contributed by atoms with Crippen molar-refractivity contribution >= 4 is 56.8 Å². The number of carbonyl (C=O) groups is 2. The van der Waals surface area contributed by atoms with Gasteiger partial charge in [0.2, 0.25) is 5.91 Å². The van der Waals surface area contributed by atoms with Gasteiger partial charge in [0, 0.05) is 34.4 Å². The van der Waals surface area contributed by atoms with Gasteiger partial charge in [-0.2, -0.15) is 0 Å². The number of anilines is 2. The molecular formula is C33H30BrClN2O6. The number of nitrogens with one attached hydrogen (secondary N) is 2. The Balaban J connectivity index is 1.49. The largest absolute Gasteiger partial charge is 0.494 e. The van der Waals surface area contributed by atoms with Crippen molar-refractivity contribution in [2.45, 2.75) is 13.5 Å². The summed E-state index contributed by atoms with van der Waals surface area (Å²) in [5.74, 6) is 1.02. The third-order valence-electron chi connectivity index (χ3n) is 6.15. The van der Waals surface area contributed by atoms with Crippen LogP contribution in [0.3, 0.4) is 0 Å². The fourth-order valence-corrected chi connectivity index (χ4v) is 4.84. The van der Waals surface area contributed by atoms with Crippen LogP contribution < -0.4 is 29.6 Å². The van der Waals surface area contributed by atoms with E-state index in [-0.39, 0.29) is 12.5 Å². The van der Waals surface area contributed by atoms with Crippen molar-refractivity contribution in [1.82, 2.24) is 0 Å². The summed E-state index contributed by atoms with van der Waals surface area (Å²) >= 11 is 9.83. The number of carbonyl (C=O) groups excluding carboxylic acids is 2.